The highest BCUT2D eigenvalue weighted by molar-refractivity contribution is 5.26. The van der Waals surface area contributed by atoms with Crippen molar-refractivity contribution in [1.82, 2.24) is 0 Å². The first-order valence-electron chi connectivity index (χ1n) is 7.79. The van der Waals surface area contributed by atoms with Crippen molar-refractivity contribution in [2.24, 2.45) is 5.73 Å². The van der Waals surface area contributed by atoms with E-state index in [9.17, 15) is 0 Å². The first-order valence-corrected chi connectivity index (χ1v) is 7.79. The summed E-state index contributed by atoms with van der Waals surface area (Å²) in [5.41, 5.74) is 8.81. The molecule has 2 aromatic rings. The van der Waals surface area contributed by atoms with E-state index < -0.39 is 0 Å². The molecular weight excluding hydrogens is 258 g/mol. The molecule has 0 radical (unpaired) electrons. The molecule has 1 saturated carbocycles. The fourth-order valence-electron chi connectivity index (χ4n) is 3.25. The quantitative estimate of drug-likeness (QED) is 0.919. The molecule has 2 unspecified atom stereocenters. The van der Waals surface area contributed by atoms with Crippen LogP contribution in [0.15, 0.2) is 60.7 Å². The van der Waals surface area contributed by atoms with Crippen LogP contribution >= 0.6 is 0 Å². The molecule has 21 heavy (non-hydrogen) atoms. The van der Waals surface area contributed by atoms with Gasteiger partial charge < -0.3 is 10.5 Å². The predicted octanol–water partition coefficient (Wildman–Crippen LogP) is 4.00. The van der Waals surface area contributed by atoms with E-state index in [-0.39, 0.29) is 11.6 Å². The highest BCUT2D eigenvalue weighted by Crippen LogP contribution is 2.37. The van der Waals surface area contributed by atoms with E-state index in [0.29, 0.717) is 6.61 Å². The molecule has 0 amide bonds. The van der Waals surface area contributed by atoms with Crippen LogP contribution in [-0.4, -0.2) is 6.10 Å². The van der Waals surface area contributed by atoms with Crippen molar-refractivity contribution in [3.8, 4) is 0 Å². The van der Waals surface area contributed by atoms with Crippen molar-refractivity contribution in [2.45, 2.75) is 43.9 Å². The molecule has 0 bridgehead atoms. The molecule has 1 aliphatic carbocycles. The van der Waals surface area contributed by atoms with Gasteiger partial charge in [0.2, 0.25) is 0 Å². The van der Waals surface area contributed by atoms with Gasteiger partial charge in [0, 0.05) is 0 Å². The van der Waals surface area contributed by atoms with Crippen LogP contribution in [0.3, 0.4) is 0 Å². The molecule has 0 heterocycles. The molecule has 2 nitrogen and oxygen atoms in total. The lowest BCUT2D eigenvalue weighted by atomic mass is 9.75. The van der Waals surface area contributed by atoms with Crippen LogP contribution in [0.5, 0.6) is 0 Å². The van der Waals surface area contributed by atoms with Gasteiger partial charge in [-0.1, -0.05) is 73.5 Å². The van der Waals surface area contributed by atoms with Gasteiger partial charge in [-0.15, -0.1) is 0 Å². The Balaban J connectivity index is 1.75. The van der Waals surface area contributed by atoms with E-state index in [1.54, 1.807) is 0 Å². The Kier molecular flexibility index (Phi) is 4.37. The molecule has 110 valence electrons. The summed E-state index contributed by atoms with van der Waals surface area (Å²) < 4.78 is 6.21. The smallest absolute Gasteiger partial charge is 0.0800 e. The van der Waals surface area contributed by atoms with E-state index in [1.807, 2.05) is 24.3 Å². The minimum Gasteiger partial charge on any atom is -0.371 e. The standard InChI is InChI=1S/C19H23NO/c20-19(17-11-5-2-6-12-17)14-8-7-13-18(19)21-15-16-9-3-1-4-10-16/h1-6,9-12,18H,7-8,13-15,20H2. The minimum absolute atomic E-state index is 0.0915. The van der Waals surface area contributed by atoms with Gasteiger partial charge in [-0.05, 0) is 24.0 Å². The molecule has 0 spiro atoms. The maximum absolute atomic E-state index is 6.76. The Bertz CT molecular complexity index is 554. The van der Waals surface area contributed by atoms with Crippen molar-refractivity contribution in [3.05, 3.63) is 71.8 Å². The summed E-state index contributed by atoms with van der Waals surface area (Å²) in [6.45, 7) is 0.636. The Morgan fingerprint density at radius 1 is 0.952 bits per heavy atom. The van der Waals surface area contributed by atoms with Crippen LogP contribution in [0.25, 0.3) is 0 Å². The number of ether oxygens (including phenoxy) is 1. The third-order valence-corrected chi connectivity index (χ3v) is 4.49. The van der Waals surface area contributed by atoms with Crippen molar-refractivity contribution < 1.29 is 4.74 Å². The maximum Gasteiger partial charge on any atom is 0.0800 e. The average Bonchev–Trinajstić information content (AvgIpc) is 2.56. The van der Waals surface area contributed by atoms with Crippen LogP contribution in [0.4, 0.5) is 0 Å². The van der Waals surface area contributed by atoms with E-state index in [2.05, 4.69) is 36.4 Å². The van der Waals surface area contributed by atoms with E-state index >= 15 is 0 Å². The number of hydrogen-bond donors (Lipinski definition) is 1. The molecule has 2 atom stereocenters. The predicted molar refractivity (Wildman–Crippen MR) is 85.8 cm³/mol. The molecule has 2 N–H and O–H groups in total. The van der Waals surface area contributed by atoms with Gasteiger partial charge in [0.15, 0.2) is 0 Å². The first kappa shape index (κ1) is 14.3. The summed E-state index contributed by atoms with van der Waals surface area (Å²) in [6.07, 6.45) is 4.50. The van der Waals surface area contributed by atoms with Crippen LogP contribution in [-0.2, 0) is 16.9 Å². The summed E-state index contributed by atoms with van der Waals surface area (Å²) in [4.78, 5) is 0. The minimum atomic E-state index is -0.353. The summed E-state index contributed by atoms with van der Waals surface area (Å²) in [6, 6.07) is 20.7. The van der Waals surface area contributed by atoms with Gasteiger partial charge >= 0.3 is 0 Å². The van der Waals surface area contributed by atoms with Crippen molar-refractivity contribution in [3.63, 3.8) is 0 Å². The zero-order valence-electron chi connectivity index (χ0n) is 12.4. The molecule has 0 saturated heterocycles. The normalized spacial score (nSPS) is 25.7. The summed E-state index contributed by atoms with van der Waals surface area (Å²) >= 11 is 0. The fourth-order valence-corrected chi connectivity index (χ4v) is 3.25. The van der Waals surface area contributed by atoms with Crippen molar-refractivity contribution >= 4 is 0 Å². The Morgan fingerprint density at radius 3 is 2.33 bits per heavy atom. The molecule has 3 rings (SSSR count). The molecular formula is C19H23NO. The average molecular weight is 281 g/mol. The van der Waals surface area contributed by atoms with E-state index in [4.69, 9.17) is 10.5 Å². The maximum atomic E-state index is 6.76. The zero-order chi connectivity index (χ0) is 14.5. The lowest BCUT2D eigenvalue weighted by Crippen LogP contribution is -2.51. The topological polar surface area (TPSA) is 35.2 Å². The van der Waals surface area contributed by atoms with Crippen molar-refractivity contribution in [2.75, 3.05) is 0 Å². The van der Waals surface area contributed by atoms with Crippen LogP contribution < -0.4 is 5.73 Å². The Labute approximate surface area is 126 Å². The molecule has 1 fully saturated rings. The number of rotatable bonds is 4. The number of hydrogen-bond acceptors (Lipinski definition) is 2. The van der Waals surface area contributed by atoms with Crippen LogP contribution in [0.2, 0.25) is 0 Å². The third-order valence-electron chi connectivity index (χ3n) is 4.49. The molecule has 0 aromatic heterocycles. The van der Waals surface area contributed by atoms with Gasteiger partial charge in [-0.25, -0.2) is 0 Å². The van der Waals surface area contributed by atoms with E-state index in [0.717, 1.165) is 12.8 Å². The van der Waals surface area contributed by atoms with Crippen LogP contribution in [0.1, 0.15) is 36.8 Å². The molecule has 1 aliphatic rings. The lowest BCUT2D eigenvalue weighted by Gasteiger charge is -2.41. The van der Waals surface area contributed by atoms with Gasteiger partial charge in [0.25, 0.3) is 0 Å². The number of benzene rings is 2. The summed E-state index contributed by atoms with van der Waals surface area (Å²) in [5, 5.41) is 0. The zero-order valence-corrected chi connectivity index (χ0v) is 12.4. The van der Waals surface area contributed by atoms with Gasteiger partial charge in [0.1, 0.15) is 0 Å². The SMILES string of the molecule is NC1(c2ccccc2)CCCCC1OCc1ccccc1. The molecule has 2 aromatic carbocycles. The Hall–Kier alpha value is -1.64. The monoisotopic (exact) mass is 281 g/mol. The second kappa shape index (κ2) is 6.42. The highest BCUT2D eigenvalue weighted by Gasteiger charge is 2.39. The van der Waals surface area contributed by atoms with Crippen LogP contribution in [0, 0.1) is 0 Å². The molecule has 2 heteroatoms. The van der Waals surface area contributed by atoms with E-state index in [1.165, 1.54) is 24.0 Å². The second-order valence-electron chi connectivity index (χ2n) is 5.94. The van der Waals surface area contributed by atoms with Gasteiger partial charge in [-0.2, -0.15) is 0 Å². The largest absolute Gasteiger partial charge is 0.371 e. The van der Waals surface area contributed by atoms with Gasteiger partial charge in [0.05, 0.1) is 18.2 Å². The lowest BCUT2D eigenvalue weighted by molar-refractivity contribution is -0.0373. The number of nitrogens with two attached hydrogens (primary N) is 1. The first-order chi connectivity index (χ1) is 10.3. The molecule has 0 aliphatic heterocycles. The Morgan fingerprint density at radius 2 is 1.62 bits per heavy atom. The highest BCUT2D eigenvalue weighted by atomic mass is 16.5. The third kappa shape index (κ3) is 3.17. The fraction of sp³-hybridized carbons (Fsp3) is 0.368. The van der Waals surface area contributed by atoms with Crippen molar-refractivity contribution in [1.29, 1.82) is 0 Å². The summed E-state index contributed by atoms with van der Waals surface area (Å²) in [7, 11) is 0. The van der Waals surface area contributed by atoms with Gasteiger partial charge in [-0.3, -0.25) is 0 Å². The second-order valence-corrected chi connectivity index (χ2v) is 5.94. The summed E-state index contributed by atoms with van der Waals surface area (Å²) in [5.74, 6) is 0.